The predicted molar refractivity (Wildman–Crippen MR) is 106 cm³/mol. The predicted octanol–water partition coefficient (Wildman–Crippen LogP) is 6.63. The van der Waals surface area contributed by atoms with E-state index in [0.29, 0.717) is 17.9 Å². The lowest BCUT2D eigenvalue weighted by Crippen LogP contribution is -2.13. The maximum Gasteiger partial charge on any atom is 0.417 e. The molecule has 0 radical (unpaired) electrons. The van der Waals surface area contributed by atoms with Crippen LogP contribution in [0.1, 0.15) is 21.5 Å². The highest BCUT2D eigenvalue weighted by Gasteiger charge is 2.39. The summed E-state index contributed by atoms with van der Waals surface area (Å²) in [5.41, 5.74) is -4.09. The van der Waals surface area contributed by atoms with E-state index in [2.05, 4.69) is 0 Å². The molecule has 3 rings (SSSR count). The smallest absolute Gasteiger partial charge is 0.417 e. The van der Waals surface area contributed by atoms with Gasteiger partial charge in [-0.3, -0.25) is 0 Å². The topological polar surface area (TPSA) is 44.8 Å². The van der Waals surface area contributed by atoms with Crippen LogP contribution in [0.25, 0.3) is 11.1 Å². The largest absolute Gasteiger partial charge is 0.497 e. The number of alkyl halides is 6. The summed E-state index contributed by atoms with van der Waals surface area (Å²) in [7, 11) is 2.51. The number of rotatable bonds is 5. The van der Waals surface area contributed by atoms with Gasteiger partial charge in [-0.25, -0.2) is 4.79 Å². The number of carbonyl (C=O) groups is 1. The molecule has 0 N–H and O–H groups in total. The summed E-state index contributed by atoms with van der Waals surface area (Å²) in [4.78, 5) is 12.3. The highest BCUT2D eigenvalue weighted by Crippen LogP contribution is 2.44. The Morgan fingerprint density at radius 2 is 1.15 bits per heavy atom. The molecule has 0 fully saturated rings. The first-order valence-electron chi connectivity index (χ1n) is 9.27. The number of hydrogen-bond acceptors (Lipinski definition) is 4. The average molecular weight is 470 g/mol. The molecule has 0 unspecified atom stereocenters. The Balaban J connectivity index is 2.07. The van der Waals surface area contributed by atoms with Crippen LogP contribution in [-0.2, 0) is 12.4 Å². The summed E-state index contributed by atoms with van der Waals surface area (Å²) in [5, 5.41) is 0. The van der Waals surface area contributed by atoms with E-state index in [9.17, 15) is 31.1 Å². The lowest BCUT2D eigenvalue weighted by atomic mass is 9.94. The zero-order chi connectivity index (χ0) is 24.4. The average Bonchev–Trinajstić information content (AvgIpc) is 2.77. The zero-order valence-electron chi connectivity index (χ0n) is 17.2. The van der Waals surface area contributed by atoms with Crippen LogP contribution in [0.3, 0.4) is 0 Å². The van der Waals surface area contributed by atoms with E-state index < -0.39 is 46.3 Å². The number of ether oxygens (including phenoxy) is 3. The molecule has 3 aromatic carbocycles. The van der Waals surface area contributed by atoms with Gasteiger partial charge in [-0.15, -0.1) is 0 Å². The first-order chi connectivity index (χ1) is 15.4. The van der Waals surface area contributed by atoms with Crippen molar-refractivity contribution in [1.29, 1.82) is 0 Å². The van der Waals surface area contributed by atoms with Crippen LogP contribution in [-0.4, -0.2) is 20.2 Å². The van der Waals surface area contributed by atoms with Crippen LogP contribution in [0.5, 0.6) is 17.2 Å². The fraction of sp³-hybridized carbons (Fsp3) is 0.174. The van der Waals surface area contributed by atoms with Gasteiger partial charge in [0.15, 0.2) is 0 Å². The van der Waals surface area contributed by atoms with Crippen LogP contribution in [0.15, 0.2) is 60.7 Å². The number of methoxy groups -OCH3 is 2. The lowest BCUT2D eigenvalue weighted by Gasteiger charge is -2.19. The van der Waals surface area contributed by atoms with Crippen LogP contribution >= 0.6 is 0 Å². The minimum atomic E-state index is -5.03. The SMILES string of the molecule is COc1cccc(C(=O)Oc2ccc(-c3ccc(OC)cc3C(F)(F)F)c(C(F)(F)F)c2)c1. The molecule has 10 heteroatoms. The summed E-state index contributed by atoms with van der Waals surface area (Å²) >= 11 is 0. The molecule has 0 aromatic heterocycles. The summed E-state index contributed by atoms with van der Waals surface area (Å²) in [6.07, 6.45) is -9.97. The van der Waals surface area contributed by atoms with Gasteiger partial charge < -0.3 is 14.2 Å². The Hall–Kier alpha value is -3.69. The molecule has 0 heterocycles. The van der Waals surface area contributed by atoms with Crippen LogP contribution in [0.2, 0.25) is 0 Å². The molecule has 174 valence electrons. The van der Waals surface area contributed by atoms with Gasteiger partial charge in [-0.2, -0.15) is 26.3 Å². The second-order valence-electron chi connectivity index (χ2n) is 6.74. The molecule has 0 spiro atoms. The van der Waals surface area contributed by atoms with Gasteiger partial charge in [-0.1, -0.05) is 18.2 Å². The van der Waals surface area contributed by atoms with Crippen molar-refractivity contribution < 1.29 is 45.3 Å². The maximum atomic E-state index is 13.8. The first kappa shape index (κ1) is 24.0. The third-order valence-electron chi connectivity index (χ3n) is 4.63. The van der Waals surface area contributed by atoms with Gasteiger partial charge in [0.2, 0.25) is 0 Å². The van der Waals surface area contributed by atoms with Gasteiger partial charge in [0.05, 0.1) is 30.9 Å². The van der Waals surface area contributed by atoms with E-state index in [1.807, 2.05) is 0 Å². The fourth-order valence-corrected chi connectivity index (χ4v) is 3.09. The molecule has 3 aromatic rings. The normalized spacial score (nSPS) is 11.8. The van der Waals surface area contributed by atoms with E-state index in [1.165, 1.54) is 25.3 Å². The van der Waals surface area contributed by atoms with Gasteiger partial charge in [-0.05, 0) is 53.6 Å². The molecular weight excluding hydrogens is 454 g/mol. The molecular formula is C23H16F6O4. The molecule has 0 atom stereocenters. The molecule has 0 bridgehead atoms. The van der Waals surface area contributed by atoms with Gasteiger partial charge >= 0.3 is 18.3 Å². The third-order valence-corrected chi connectivity index (χ3v) is 4.63. The molecule has 4 nitrogen and oxygen atoms in total. The zero-order valence-corrected chi connectivity index (χ0v) is 17.2. The number of halogens is 6. The fourth-order valence-electron chi connectivity index (χ4n) is 3.09. The Bertz CT molecular complexity index is 1170. The number of benzene rings is 3. The van der Waals surface area contributed by atoms with E-state index in [-0.39, 0.29) is 11.3 Å². The van der Waals surface area contributed by atoms with Crippen LogP contribution in [0, 0.1) is 0 Å². The van der Waals surface area contributed by atoms with Crippen molar-refractivity contribution in [1.82, 2.24) is 0 Å². The summed E-state index contributed by atoms with van der Waals surface area (Å²) in [6, 6.07) is 10.7. The van der Waals surface area contributed by atoms with Crippen molar-refractivity contribution in [3.63, 3.8) is 0 Å². The Morgan fingerprint density at radius 3 is 1.67 bits per heavy atom. The highest BCUT2D eigenvalue weighted by molar-refractivity contribution is 5.91. The maximum absolute atomic E-state index is 13.8. The van der Waals surface area contributed by atoms with E-state index >= 15 is 0 Å². The van der Waals surface area contributed by atoms with E-state index in [1.54, 1.807) is 6.07 Å². The summed E-state index contributed by atoms with van der Waals surface area (Å²) in [5.74, 6) is -1.28. The molecule has 0 saturated heterocycles. The Labute approximate surface area is 184 Å². The molecule has 0 amide bonds. The number of esters is 1. The monoisotopic (exact) mass is 470 g/mol. The lowest BCUT2D eigenvalue weighted by molar-refractivity contribution is -0.139. The second kappa shape index (κ2) is 9.05. The standard InChI is InChI=1S/C23H16F6O4/c1-31-14-5-3-4-13(10-14)21(30)33-16-7-9-18(20(12-16)23(27,28)29)17-8-6-15(32-2)11-19(17)22(24,25)26/h3-12H,1-2H3. The molecule has 33 heavy (non-hydrogen) atoms. The summed E-state index contributed by atoms with van der Waals surface area (Å²) < 4.78 is 96.8. The third kappa shape index (κ3) is 5.39. The highest BCUT2D eigenvalue weighted by atomic mass is 19.4. The van der Waals surface area contributed by atoms with Gasteiger partial charge in [0.25, 0.3) is 0 Å². The second-order valence-corrected chi connectivity index (χ2v) is 6.74. The Kier molecular flexibility index (Phi) is 6.57. The van der Waals surface area contributed by atoms with E-state index in [0.717, 1.165) is 31.4 Å². The van der Waals surface area contributed by atoms with Crippen LogP contribution < -0.4 is 14.2 Å². The molecule has 0 aliphatic heterocycles. The van der Waals surface area contributed by atoms with E-state index in [4.69, 9.17) is 14.2 Å². The molecule has 0 aliphatic carbocycles. The van der Waals surface area contributed by atoms with Crippen LogP contribution in [0.4, 0.5) is 26.3 Å². The number of hydrogen-bond donors (Lipinski definition) is 0. The van der Waals surface area contributed by atoms with Gasteiger partial charge in [0, 0.05) is 0 Å². The van der Waals surface area contributed by atoms with Crippen molar-refractivity contribution in [3.05, 3.63) is 77.4 Å². The number of carbonyl (C=O) groups excluding carboxylic acids is 1. The minimum Gasteiger partial charge on any atom is -0.497 e. The van der Waals surface area contributed by atoms with Crippen molar-refractivity contribution in [2.45, 2.75) is 12.4 Å². The van der Waals surface area contributed by atoms with Crippen molar-refractivity contribution >= 4 is 5.97 Å². The summed E-state index contributed by atoms with van der Waals surface area (Å²) in [6.45, 7) is 0. The van der Waals surface area contributed by atoms with Crippen molar-refractivity contribution in [3.8, 4) is 28.4 Å². The van der Waals surface area contributed by atoms with Crippen molar-refractivity contribution in [2.75, 3.05) is 14.2 Å². The quantitative estimate of drug-likeness (QED) is 0.239. The minimum absolute atomic E-state index is 0.0153. The molecule has 0 saturated carbocycles. The van der Waals surface area contributed by atoms with Gasteiger partial charge in [0.1, 0.15) is 17.2 Å². The first-order valence-corrected chi connectivity index (χ1v) is 9.27. The Morgan fingerprint density at radius 1 is 0.667 bits per heavy atom. The molecule has 0 aliphatic rings. The van der Waals surface area contributed by atoms with Crippen molar-refractivity contribution in [2.24, 2.45) is 0 Å².